The first-order valence-electron chi connectivity index (χ1n) is 8.45. The molecule has 0 heterocycles. The van der Waals surface area contributed by atoms with Gasteiger partial charge in [-0.2, -0.15) is 13.2 Å². The minimum absolute atomic E-state index is 0.198. The number of aryl methyl sites for hydroxylation is 1. The average Bonchev–Trinajstić information content (AvgIpc) is 2.69. The molecule has 1 amide bonds. The summed E-state index contributed by atoms with van der Waals surface area (Å²) in [5.41, 5.74) is -0.446. The lowest BCUT2D eigenvalue weighted by Gasteiger charge is -2.17. The van der Waals surface area contributed by atoms with Crippen molar-refractivity contribution in [3.05, 3.63) is 69.8 Å². The standard InChI is InChI=1S/C18H17F3N2O6S/c1-22(17(24)29-12-13-5-3-2-4-6-13)30(27,28)15-8-7-14(9-10-18(19,20)21)16(11-15)23(25)26/h2-8,11H,9-10,12H2,1H3. The SMILES string of the molecule is CN(C(=O)OCc1ccccc1)S(=O)(=O)c1ccc(CCC(F)(F)F)c([N+](=O)[O-])c1. The summed E-state index contributed by atoms with van der Waals surface area (Å²) in [6, 6.07) is 10.9. The molecule has 2 aromatic rings. The highest BCUT2D eigenvalue weighted by atomic mass is 32.2. The van der Waals surface area contributed by atoms with Gasteiger partial charge in [-0.1, -0.05) is 36.4 Å². The third kappa shape index (κ3) is 5.92. The number of alkyl halides is 3. The molecule has 0 atom stereocenters. The summed E-state index contributed by atoms with van der Waals surface area (Å²) >= 11 is 0. The van der Waals surface area contributed by atoms with Gasteiger partial charge in [0, 0.05) is 25.1 Å². The monoisotopic (exact) mass is 446 g/mol. The normalized spacial score (nSPS) is 11.7. The molecule has 30 heavy (non-hydrogen) atoms. The summed E-state index contributed by atoms with van der Waals surface area (Å²) in [6.07, 6.45) is -7.73. The number of nitro groups is 1. The fourth-order valence-electron chi connectivity index (χ4n) is 2.43. The van der Waals surface area contributed by atoms with Gasteiger partial charge in [0.2, 0.25) is 0 Å². The Kier molecular flexibility index (Phi) is 7.03. The van der Waals surface area contributed by atoms with Gasteiger partial charge in [0.15, 0.2) is 0 Å². The number of amides is 1. The lowest BCUT2D eigenvalue weighted by molar-refractivity contribution is -0.385. The highest BCUT2D eigenvalue weighted by Crippen LogP contribution is 2.29. The van der Waals surface area contributed by atoms with Crippen LogP contribution in [0, 0.1) is 10.1 Å². The Hall–Kier alpha value is -3.15. The number of ether oxygens (including phenoxy) is 1. The second-order valence-corrected chi connectivity index (χ2v) is 8.14. The van der Waals surface area contributed by atoms with Gasteiger partial charge < -0.3 is 4.74 Å². The van der Waals surface area contributed by atoms with Crippen molar-refractivity contribution in [2.45, 2.75) is 30.5 Å². The number of sulfonamides is 1. The number of carbonyl (C=O) groups is 1. The molecule has 12 heteroatoms. The lowest BCUT2D eigenvalue weighted by atomic mass is 10.1. The zero-order valence-electron chi connectivity index (χ0n) is 15.6. The van der Waals surface area contributed by atoms with E-state index in [1.165, 1.54) is 0 Å². The Morgan fingerprint density at radius 1 is 1.17 bits per heavy atom. The largest absolute Gasteiger partial charge is 0.444 e. The van der Waals surface area contributed by atoms with Crippen LogP contribution in [-0.2, 0) is 27.8 Å². The molecule has 0 aromatic heterocycles. The maximum atomic E-state index is 12.6. The van der Waals surface area contributed by atoms with Crippen molar-refractivity contribution < 1.29 is 36.0 Å². The number of nitrogens with zero attached hydrogens (tertiary/aromatic N) is 2. The Labute approximate surface area is 170 Å². The van der Waals surface area contributed by atoms with Crippen molar-refractivity contribution in [2.24, 2.45) is 0 Å². The van der Waals surface area contributed by atoms with Crippen molar-refractivity contribution in [3.63, 3.8) is 0 Å². The fraction of sp³-hybridized carbons (Fsp3) is 0.278. The molecular weight excluding hydrogens is 429 g/mol. The van der Waals surface area contributed by atoms with Crippen LogP contribution in [0.4, 0.5) is 23.7 Å². The fourth-order valence-corrected chi connectivity index (χ4v) is 3.49. The van der Waals surface area contributed by atoms with Crippen molar-refractivity contribution >= 4 is 21.8 Å². The first-order chi connectivity index (χ1) is 13.9. The second-order valence-electron chi connectivity index (χ2n) is 6.18. The summed E-state index contributed by atoms with van der Waals surface area (Å²) in [5, 5.41) is 11.2. The molecule has 2 rings (SSSR count). The maximum absolute atomic E-state index is 12.6. The topological polar surface area (TPSA) is 107 Å². The van der Waals surface area contributed by atoms with Crippen molar-refractivity contribution in [3.8, 4) is 0 Å². The predicted molar refractivity (Wildman–Crippen MR) is 99.0 cm³/mol. The van der Waals surface area contributed by atoms with Gasteiger partial charge in [-0.3, -0.25) is 10.1 Å². The quantitative estimate of drug-likeness (QED) is 0.469. The van der Waals surface area contributed by atoms with E-state index in [1.807, 2.05) is 0 Å². The van der Waals surface area contributed by atoms with Gasteiger partial charge in [0.1, 0.15) is 6.61 Å². The van der Waals surface area contributed by atoms with Crippen LogP contribution in [0.1, 0.15) is 17.5 Å². The van der Waals surface area contributed by atoms with Crippen LogP contribution < -0.4 is 0 Å². The van der Waals surface area contributed by atoms with Crippen molar-refractivity contribution in [1.29, 1.82) is 0 Å². The number of nitro benzene ring substituents is 1. The average molecular weight is 446 g/mol. The van der Waals surface area contributed by atoms with Gasteiger partial charge >= 0.3 is 12.3 Å². The molecule has 0 saturated heterocycles. The van der Waals surface area contributed by atoms with E-state index in [4.69, 9.17) is 4.74 Å². The number of halogens is 3. The zero-order chi connectivity index (χ0) is 22.5. The first kappa shape index (κ1) is 23.1. The smallest absolute Gasteiger partial charge is 0.423 e. The van der Waals surface area contributed by atoms with Gasteiger partial charge in [0.05, 0.1) is 9.82 Å². The van der Waals surface area contributed by atoms with E-state index in [2.05, 4.69) is 0 Å². The van der Waals surface area contributed by atoms with Crippen LogP contribution in [0.3, 0.4) is 0 Å². The van der Waals surface area contributed by atoms with Crippen LogP contribution in [0.5, 0.6) is 0 Å². The van der Waals surface area contributed by atoms with E-state index in [-0.39, 0.29) is 16.5 Å². The molecular formula is C18H17F3N2O6S. The molecule has 8 nitrogen and oxygen atoms in total. The molecule has 0 bridgehead atoms. The van der Waals surface area contributed by atoms with Crippen molar-refractivity contribution in [2.75, 3.05) is 7.05 Å². The minimum atomic E-state index is -4.53. The molecule has 0 N–H and O–H groups in total. The van der Waals surface area contributed by atoms with Crippen LogP contribution >= 0.6 is 0 Å². The van der Waals surface area contributed by atoms with Crippen LogP contribution in [-0.4, -0.2) is 37.0 Å². The molecule has 0 aliphatic rings. The van der Waals surface area contributed by atoms with Crippen LogP contribution in [0.25, 0.3) is 0 Å². The summed E-state index contributed by atoms with van der Waals surface area (Å²) in [6.45, 7) is -0.198. The number of hydrogen-bond acceptors (Lipinski definition) is 6. The first-order valence-corrected chi connectivity index (χ1v) is 9.89. The predicted octanol–water partition coefficient (Wildman–Crippen LogP) is 4.05. The van der Waals surface area contributed by atoms with E-state index in [9.17, 15) is 36.5 Å². The molecule has 0 radical (unpaired) electrons. The molecule has 0 aliphatic carbocycles. The highest BCUT2D eigenvalue weighted by Gasteiger charge is 2.31. The molecule has 0 unspecified atom stereocenters. The van der Waals surface area contributed by atoms with Gasteiger partial charge in [-0.05, 0) is 18.1 Å². The molecule has 0 fully saturated rings. The molecule has 0 aliphatic heterocycles. The minimum Gasteiger partial charge on any atom is -0.444 e. The number of hydrogen-bond donors (Lipinski definition) is 0. The van der Waals surface area contributed by atoms with Gasteiger partial charge in [-0.15, -0.1) is 0 Å². The summed E-state index contributed by atoms with van der Waals surface area (Å²) in [5.74, 6) is 0. The van der Waals surface area contributed by atoms with Crippen LogP contribution in [0.15, 0.2) is 53.4 Å². The Morgan fingerprint density at radius 2 is 1.80 bits per heavy atom. The number of carbonyl (C=O) groups excluding carboxylic acids is 1. The van der Waals surface area contributed by atoms with Gasteiger partial charge in [0.25, 0.3) is 15.7 Å². The Balaban J connectivity index is 2.22. The van der Waals surface area contributed by atoms with Crippen LogP contribution in [0.2, 0.25) is 0 Å². The third-order valence-corrected chi connectivity index (χ3v) is 5.77. The Bertz CT molecular complexity index is 1030. The number of benzene rings is 2. The highest BCUT2D eigenvalue weighted by molar-refractivity contribution is 7.89. The van der Waals surface area contributed by atoms with Crippen molar-refractivity contribution in [1.82, 2.24) is 4.31 Å². The molecule has 162 valence electrons. The third-order valence-electron chi connectivity index (χ3n) is 4.05. The second kappa shape index (κ2) is 9.11. The summed E-state index contributed by atoms with van der Waals surface area (Å²) < 4.78 is 67.6. The maximum Gasteiger partial charge on any atom is 0.423 e. The zero-order valence-corrected chi connectivity index (χ0v) is 16.4. The Morgan fingerprint density at radius 3 is 2.37 bits per heavy atom. The van der Waals surface area contributed by atoms with E-state index in [0.29, 0.717) is 11.6 Å². The molecule has 2 aromatic carbocycles. The van der Waals surface area contributed by atoms with E-state index in [0.717, 1.165) is 19.2 Å². The summed E-state index contributed by atoms with van der Waals surface area (Å²) in [4.78, 5) is 21.7. The molecule has 0 spiro atoms. The number of rotatable bonds is 7. The van der Waals surface area contributed by atoms with E-state index < -0.39 is 50.6 Å². The lowest BCUT2D eigenvalue weighted by Crippen LogP contribution is -2.33. The summed E-state index contributed by atoms with van der Waals surface area (Å²) in [7, 11) is -3.62. The molecule has 0 saturated carbocycles. The van der Waals surface area contributed by atoms with E-state index in [1.54, 1.807) is 30.3 Å². The van der Waals surface area contributed by atoms with Gasteiger partial charge in [-0.25, -0.2) is 17.5 Å². The van der Waals surface area contributed by atoms with E-state index >= 15 is 0 Å².